The molecule has 0 amide bonds. The van der Waals surface area contributed by atoms with Gasteiger partial charge in [-0.3, -0.25) is 9.32 Å². The molecular formula is C28H33N4O8P. The highest BCUT2D eigenvalue weighted by atomic mass is 31.2. The minimum Gasteiger partial charge on any atom is -0.468 e. The monoisotopic (exact) mass is 584 g/mol. The number of methoxy groups -OCH3 is 1. The average molecular weight is 585 g/mol. The fourth-order valence-electron chi connectivity index (χ4n) is 5.07. The zero-order valence-corrected chi connectivity index (χ0v) is 24.2. The summed E-state index contributed by atoms with van der Waals surface area (Å²) in [4.78, 5) is 20.7. The van der Waals surface area contributed by atoms with Gasteiger partial charge in [0, 0.05) is 17.0 Å². The van der Waals surface area contributed by atoms with Crippen molar-refractivity contribution >= 4 is 35.5 Å². The third kappa shape index (κ3) is 5.46. The molecule has 218 valence electrons. The summed E-state index contributed by atoms with van der Waals surface area (Å²) in [6.07, 6.45) is -1.63. The number of carbonyl (C=O) groups excluding carboxylic acids is 1. The molecule has 0 saturated carbocycles. The fourth-order valence-corrected chi connectivity index (χ4v) is 6.78. The number of ether oxygens (including phenoxy) is 2. The van der Waals surface area contributed by atoms with Gasteiger partial charge in [0.2, 0.25) is 0 Å². The first-order valence-corrected chi connectivity index (χ1v) is 14.6. The van der Waals surface area contributed by atoms with E-state index in [1.807, 2.05) is 31.2 Å². The zero-order valence-electron chi connectivity index (χ0n) is 23.3. The van der Waals surface area contributed by atoms with E-state index in [0.29, 0.717) is 11.0 Å². The molecule has 2 aromatic carbocycles. The smallest absolute Gasteiger partial charge is 0.459 e. The molecule has 1 aliphatic heterocycles. The van der Waals surface area contributed by atoms with Crippen LogP contribution in [0.5, 0.6) is 5.75 Å². The highest BCUT2D eigenvalue weighted by molar-refractivity contribution is 7.52. The van der Waals surface area contributed by atoms with E-state index in [9.17, 15) is 19.6 Å². The second-order valence-electron chi connectivity index (χ2n) is 10.3. The number of carbonyl (C=O) groups is 1. The minimum absolute atomic E-state index is 0.259. The Labute approximate surface area is 236 Å². The van der Waals surface area contributed by atoms with Gasteiger partial charge >= 0.3 is 13.7 Å². The lowest BCUT2D eigenvalue weighted by atomic mass is 9.94. The molecule has 2 unspecified atom stereocenters. The van der Waals surface area contributed by atoms with Crippen LogP contribution in [0.15, 0.2) is 61.1 Å². The number of aryl methyl sites for hydroxylation is 1. The number of hydrogen-bond acceptors (Lipinski definition) is 10. The first-order valence-electron chi connectivity index (χ1n) is 13.1. The van der Waals surface area contributed by atoms with Crippen LogP contribution in [0.1, 0.15) is 32.7 Å². The molecule has 1 fully saturated rings. The van der Waals surface area contributed by atoms with Crippen molar-refractivity contribution in [2.45, 2.75) is 63.9 Å². The molecular weight excluding hydrogens is 551 g/mol. The van der Waals surface area contributed by atoms with Crippen molar-refractivity contribution in [1.29, 1.82) is 0 Å². The number of hydrogen-bond donors (Lipinski definition) is 3. The van der Waals surface area contributed by atoms with E-state index in [0.717, 1.165) is 16.5 Å². The van der Waals surface area contributed by atoms with Crippen LogP contribution in [-0.2, 0) is 23.4 Å². The lowest BCUT2D eigenvalue weighted by Crippen LogP contribution is -2.46. The Kier molecular flexibility index (Phi) is 7.90. The minimum atomic E-state index is -4.32. The van der Waals surface area contributed by atoms with E-state index in [1.54, 1.807) is 35.0 Å². The standard InChI is InChI=1S/C28H33N4O8P/c1-16-20-13-14-32(25(20)30-15-29-16)27-28(4,35)24(33)23(38-27)18(3)39-41(36,31-17(2)26(34)37-5)40-22-12-8-10-19-9-6-7-11-21(19)22/h6-15,17-18,23-24,27,33,35H,1-5H3,(H,31,36)/t17-,18?,23+,24+,27+,28+,41?/m0/s1. The predicted octanol–water partition coefficient (Wildman–Crippen LogP) is 3.65. The predicted molar refractivity (Wildman–Crippen MR) is 150 cm³/mol. The third-order valence-corrected chi connectivity index (χ3v) is 9.05. The number of nitrogens with zero attached hydrogens (tertiary/aromatic N) is 3. The van der Waals surface area contributed by atoms with E-state index >= 15 is 0 Å². The van der Waals surface area contributed by atoms with Crippen LogP contribution in [0.4, 0.5) is 0 Å². The van der Waals surface area contributed by atoms with Crippen molar-refractivity contribution in [2.75, 3.05) is 7.11 Å². The van der Waals surface area contributed by atoms with Gasteiger partial charge in [-0.2, -0.15) is 5.09 Å². The topological polar surface area (TPSA) is 154 Å². The lowest BCUT2D eigenvalue weighted by Gasteiger charge is -2.29. The van der Waals surface area contributed by atoms with Gasteiger partial charge in [-0.25, -0.2) is 14.5 Å². The molecule has 12 nitrogen and oxygen atoms in total. The van der Waals surface area contributed by atoms with Crippen LogP contribution in [0, 0.1) is 6.92 Å². The molecule has 3 N–H and O–H groups in total. The van der Waals surface area contributed by atoms with Crippen LogP contribution in [0.3, 0.4) is 0 Å². The van der Waals surface area contributed by atoms with Crippen LogP contribution in [0.25, 0.3) is 21.8 Å². The Balaban J connectivity index is 1.45. The summed E-state index contributed by atoms with van der Waals surface area (Å²) in [6, 6.07) is 13.4. The molecule has 4 aromatic rings. The van der Waals surface area contributed by atoms with Gasteiger partial charge in [-0.05, 0) is 45.2 Å². The molecule has 13 heteroatoms. The average Bonchev–Trinajstić information content (AvgIpc) is 3.47. The second-order valence-corrected chi connectivity index (χ2v) is 11.9. The number of aliphatic hydroxyl groups is 2. The molecule has 0 radical (unpaired) electrons. The Hall–Kier alpha value is -3.38. The number of esters is 1. The van der Waals surface area contributed by atoms with Crippen molar-refractivity contribution in [3.8, 4) is 5.75 Å². The summed E-state index contributed by atoms with van der Waals surface area (Å²) < 4.78 is 38.7. The van der Waals surface area contributed by atoms with Crippen molar-refractivity contribution in [3.63, 3.8) is 0 Å². The number of nitrogens with one attached hydrogen (secondary N) is 1. The normalized spacial score (nSPS) is 25.6. The number of aromatic nitrogens is 3. The van der Waals surface area contributed by atoms with Gasteiger partial charge in [0.25, 0.3) is 0 Å². The summed E-state index contributed by atoms with van der Waals surface area (Å²) in [5, 5.41) is 27.5. The second kappa shape index (κ2) is 11.1. The zero-order chi connectivity index (χ0) is 29.5. The van der Waals surface area contributed by atoms with E-state index in [4.69, 9.17) is 18.5 Å². The Bertz CT molecular complexity index is 1620. The van der Waals surface area contributed by atoms with Gasteiger partial charge in [0.1, 0.15) is 41.6 Å². The van der Waals surface area contributed by atoms with Crippen LogP contribution >= 0.6 is 7.75 Å². The molecule has 0 spiro atoms. The number of fused-ring (bicyclic) bond motifs is 2. The van der Waals surface area contributed by atoms with Gasteiger partial charge in [-0.1, -0.05) is 36.4 Å². The first kappa shape index (κ1) is 29.1. The van der Waals surface area contributed by atoms with Crippen molar-refractivity contribution in [3.05, 3.63) is 66.7 Å². The summed E-state index contributed by atoms with van der Waals surface area (Å²) in [5.74, 6) is -0.422. The first-order chi connectivity index (χ1) is 19.4. The summed E-state index contributed by atoms with van der Waals surface area (Å²) >= 11 is 0. The number of benzene rings is 2. The Morgan fingerprint density at radius 1 is 1.15 bits per heavy atom. The van der Waals surface area contributed by atoms with E-state index in [-0.39, 0.29) is 5.75 Å². The van der Waals surface area contributed by atoms with Gasteiger partial charge < -0.3 is 28.8 Å². The molecule has 2 aromatic heterocycles. The molecule has 7 atom stereocenters. The van der Waals surface area contributed by atoms with Gasteiger partial charge in [-0.15, -0.1) is 0 Å². The maximum absolute atomic E-state index is 14.2. The summed E-state index contributed by atoms with van der Waals surface area (Å²) in [5.41, 5.74) is -0.513. The maximum Gasteiger partial charge on any atom is 0.459 e. The SMILES string of the molecule is COC(=O)[C@H](C)NP(=O)(Oc1cccc2ccccc12)OC(C)[C@H]1O[C@@H](n2ccc3c(C)ncnc32)[C@](C)(O)[C@@H]1O. The summed E-state index contributed by atoms with van der Waals surface area (Å²) in [6.45, 7) is 6.28. The van der Waals surface area contributed by atoms with Crippen LogP contribution < -0.4 is 9.61 Å². The molecule has 41 heavy (non-hydrogen) atoms. The highest BCUT2D eigenvalue weighted by Gasteiger charge is 2.56. The molecule has 0 aliphatic carbocycles. The van der Waals surface area contributed by atoms with Crippen LogP contribution in [0.2, 0.25) is 0 Å². The quantitative estimate of drug-likeness (QED) is 0.195. The van der Waals surface area contributed by atoms with Crippen molar-refractivity contribution in [2.24, 2.45) is 0 Å². The molecule has 5 rings (SSSR count). The van der Waals surface area contributed by atoms with Gasteiger partial charge in [0.15, 0.2) is 6.23 Å². The molecule has 3 heterocycles. The van der Waals surface area contributed by atoms with Crippen molar-refractivity contribution in [1.82, 2.24) is 19.6 Å². The summed E-state index contributed by atoms with van der Waals surface area (Å²) in [7, 11) is -3.11. The fraction of sp³-hybridized carbons (Fsp3) is 0.393. The molecule has 1 aliphatic rings. The van der Waals surface area contributed by atoms with E-state index in [1.165, 1.54) is 34.2 Å². The Morgan fingerprint density at radius 3 is 2.63 bits per heavy atom. The van der Waals surface area contributed by atoms with Crippen LogP contribution in [-0.4, -0.2) is 67.8 Å². The highest BCUT2D eigenvalue weighted by Crippen LogP contribution is 2.50. The Morgan fingerprint density at radius 2 is 1.88 bits per heavy atom. The third-order valence-electron chi connectivity index (χ3n) is 7.30. The molecule has 0 bridgehead atoms. The van der Waals surface area contributed by atoms with E-state index in [2.05, 4.69) is 15.1 Å². The maximum atomic E-state index is 14.2. The number of aliphatic hydroxyl groups excluding tert-OH is 1. The lowest BCUT2D eigenvalue weighted by molar-refractivity contribution is -0.142. The number of rotatable bonds is 9. The van der Waals surface area contributed by atoms with E-state index < -0.39 is 49.9 Å². The van der Waals surface area contributed by atoms with Gasteiger partial charge in [0.05, 0.1) is 18.9 Å². The molecule has 1 saturated heterocycles. The largest absolute Gasteiger partial charge is 0.468 e. The van der Waals surface area contributed by atoms with Crippen molar-refractivity contribution < 1.29 is 38.1 Å².